The molecule has 0 fully saturated rings. The van der Waals surface area contributed by atoms with Gasteiger partial charge in [-0.15, -0.1) is 0 Å². The van der Waals surface area contributed by atoms with Crippen molar-refractivity contribution in [3.05, 3.63) is 65.0 Å². The molecule has 0 amide bonds. The lowest BCUT2D eigenvalue weighted by Gasteiger charge is -2.16. The Morgan fingerprint density at radius 2 is 1.80 bits per heavy atom. The number of rotatable bonds is 3. The van der Waals surface area contributed by atoms with Crippen LogP contribution in [0.2, 0.25) is 0 Å². The van der Waals surface area contributed by atoms with Crippen molar-refractivity contribution in [1.82, 2.24) is 0 Å². The third-order valence-corrected chi connectivity index (χ3v) is 2.99. The average molecular weight is 265 g/mol. The highest BCUT2D eigenvalue weighted by Gasteiger charge is 2.08. The molecule has 2 rings (SSSR count). The van der Waals surface area contributed by atoms with Gasteiger partial charge in [0.15, 0.2) is 0 Å². The third kappa shape index (κ3) is 2.93. The minimum atomic E-state index is -0.284. The molecule has 1 unspecified atom stereocenters. The van der Waals surface area contributed by atoms with E-state index in [1.54, 1.807) is 24.3 Å². The Morgan fingerprint density at radius 3 is 2.45 bits per heavy atom. The smallest absolute Gasteiger partial charge is 0.123 e. The lowest BCUT2D eigenvalue weighted by Crippen LogP contribution is -2.07. The molecule has 0 saturated carbocycles. The van der Waals surface area contributed by atoms with Crippen molar-refractivity contribution in [3.8, 4) is 12.1 Å². The summed E-state index contributed by atoms with van der Waals surface area (Å²) in [5, 5.41) is 21.0. The number of hydrogen-bond acceptors (Lipinski definition) is 3. The van der Waals surface area contributed by atoms with Crippen molar-refractivity contribution in [3.63, 3.8) is 0 Å². The van der Waals surface area contributed by atoms with Crippen molar-refractivity contribution in [2.45, 2.75) is 13.0 Å². The van der Waals surface area contributed by atoms with E-state index in [1.807, 2.05) is 25.1 Å². The molecule has 2 aromatic rings. The van der Waals surface area contributed by atoms with Gasteiger partial charge in [0.1, 0.15) is 18.0 Å². The van der Waals surface area contributed by atoms with Crippen molar-refractivity contribution < 1.29 is 4.39 Å². The molecule has 0 bridgehead atoms. The fourth-order valence-electron chi connectivity index (χ4n) is 1.93. The molecule has 0 spiro atoms. The van der Waals surface area contributed by atoms with Gasteiger partial charge in [0, 0.05) is 11.7 Å². The van der Waals surface area contributed by atoms with Crippen LogP contribution in [-0.2, 0) is 0 Å². The molecule has 0 aliphatic carbocycles. The van der Waals surface area contributed by atoms with Gasteiger partial charge < -0.3 is 5.32 Å². The maximum atomic E-state index is 13.2. The summed E-state index contributed by atoms with van der Waals surface area (Å²) in [5.74, 6) is -0.284. The number of nitrogens with one attached hydrogen (secondary N) is 1. The minimum absolute atomic E-state index is 0.106. The Bertz CT molecular complexity index is 710. The van der Waals surface area contributed by atoms with E-state index in [1.165, 1.54) is 12.1 Å². The van der Waals surface area contributed by atoms with Gasteiger partial charge in [-0.05, 0) is 42.8 Å². The van der Waals surface area contributed by atoms with Crippen LogP contribution in [0.1, 0.15) is 29.7 Å². The zero-order valence-electron chi connectivity index (χ0n) is 10.9. The first-order valence-electron chi connectivity index (χ1n) is 6.10. The van der Waals surface area contributed by atoms with Crippen LogP contribution < -0.4 is 5.32 Å². The van der Waals surface area contributed by atoms with E-state index >= 15 is 0 Å². The summed E-state index contributed by atoms with van der Waals surface area (Å²) >= 11 is 0. The molecule has 0 aromatic heterocycles. The summed E-state index contributed by atoms with van der Waals surface area (Å²) in [5.41, 5.74) is 2.20. The number of hydrogen-bond donors (Lipinski definition) is 1. The summed E-state index contributed by atoms with van der Waals surface area (Å²) in [7, 11) is 0. The molecule has 4 heteroatoms. The fraction of sp³-hybridized carbons (Fsp3) is 0.125. The molecule has 0 aliphatic rings. The van der Waals surface area contributed by atoms with Gasteiger partial charge in [0.25, 0.3) is 0 Å². The first-order valence-corrected chi connectivity index (χ1v) is 6.10. The first-order chi connectivity index (χ1) is 9.63. The van der Waals surface area contributed by atoms with Crippen LogP contribution >= 0.6 is 0 Å². The van der Waals surface area contributed by atoms with Crippen LogP contribution in [-0.4, -0.2) is 0 Å². The minimum Gasteiger partial charge on any atom is -0.378 e. The van der Waals surface area contributed by atoms with E-state index < -0.39 is 0 Å². The van der Waals surface area contributed by atoms with Crippen LogP contribution in [0, 0.1) is 28.5 Å². The molecule has 0 heterocycles. The van der Waals surface area contributed by atoms with Crippen molar-refractivity contribution in [2.75, 3.05) is 5.32 Å². The number of benzene rings is 2. The van der Waals surface area contributed by atoms with E-state index in [0.29, 0.717) is 11.1 Å². The zero-order valence-corrected chi connectivity index (χ0v) is 10.9. The topological polar surface area (TPSA) is 59.6 Å². The second kappa shape index (κ2) is 5.86. The lowest BCUT2D eigenvalue weighted by molar-refractivity contribution is 0.623. The number of anilines is 1. The highest BCUT2D eigenvalue weighted by Crippen LogP contribution is 2.21. The van der Waals surface area contributed by atoms with Gasteiger partial charge >= 0.3 is 0 Å². The lowest BCUT2D eigenvalue weighted by atomic mass is 10.1. The SMILES string of the molecule is CC(Nc1ccc(C#N)c(C#N)c1)c1cccc(F)c1. The predicted octanol–water partition coefficient (Wildman–Crippen LogP) is 3.74. The second-order valence-electron chi connectivity index (χ2n) is 4.41. The summed E-state index contributed by atoms with van der Waals surface area (Å²) in [6.45, 7) is 1.90. The fourth-order valence-corrected chi connectivity index (χ4v) is 1.93. The van der Waals surface area contributed by atoms with E-state index in [0.717, 1.165) is 11.3 Å². The van der Waals surface area contributed by atoms with Gasteiger partial charge in [-0.1, -0.05) is 12.1 Å². The highest BCUT2D eigenvalue weighted by atomic mass is 19.1. The standard InChI is InChI=1S/C16H12FN3/c1-11(12-3-2-4-15(17)7-12)20-16-6-5-13(9-18)14(8-16)10-19/h2-8,11,20H,1H3. The summed E-state index contributed by atoms with van der Waals surface area (Å²) < 4.78 is 13.2. The molecule has 0 saturated heterocycles. The van der Waals surface area contributed by atoms with Crippen molar-refractivity contribution >= 4 is 5.69 Å². The van der Waals surface area contributed by atoms with Gasteiger partial charge in [-0.3, -0.25) is 0 Å². The van der Waals surface area contributed by atoms with Gasteiger partial charge in [-0.2, -0.15) is 10.5 Å². The first kappa shape index (κ1) is 13.6. The molecule has 0 radical (unpaired) electrons. The van der Waals surface area contributed by atoms with E-state index in [2.05, 4.69) is 5.32 Å². The van der Waals surface area contributed by atoms with Crippen LogP contribution in [0.5, 0.6) is 0 Å². The largest absolute Gasteiger partial charge is 0.378 e. The number of nitrogens with zero attached hydrogens (tertiary/aromatic N) is 2. The van der Waals surface area contributed by atoms with Gasteiger partial charge in [0.05, 0.1) is 11.1 Å². The molecular formula is C16H12FN3. The summed E-state index contributed by atoms with van der Waals surface area (Å²) in [6.07, 6.45) is 0. The average Bonchev–Trinajstić information content (AvgIpc) is 2.47. The van der Waals surface area contributed by atoms with Crippen molar-refractivity contribution in [1.29, 1.82) is 10.5 Å². The number of halogens is 1. The summed E-state index contributed by atoms with van der Waals surface area (Å²) in [6, 6.07) is 15.1. The zero-order chi connectivity index (χ0) is 14.5. The Hall–Kier alpha value is -2.85. The highest BCUT2D eigenvalue weighted by molar-refractivity contribution is 5.57. The molecule has 1 N–H and O–H groups in total. The Morgan fingerprint density at radius 1 is 1.05 bits per heavy atom. The predicted molar refractivity (Wildman–Crippen MR) is 74.3 cm³/mol. The molecule has 98 valence electrons. The third-order valence-electron chi connectivity index (χ3n) is 2.99. The van der Waals surface area contributed by atoms with Crippen molar-refractivity contribution in [2.24, 2.45) is 0 Å². The van der Waals surface area contributed by atoms with Crippen LogP contribution in [0.3, 0.4) is 0 Å². The molecule has 1 atom stereocenters. The molecular weight excluding hydrogens is 253 g/mol. The quantitative estimate of drug-likeness (QED) is 0.919. The Kier molecular flexibility index (Phi) is 3.98. The second-order valence-corrected chi connectivity index (χ2v) is 4.41. The molecule has 20 heavy (non-hydrogen) atoms. The molecule has 0 aliphatic heterocycles. The number of nitriles is 2. The maximum Gasteiger partial charge on any atom is 0.123 e. The van der Waals surface area contributed by atoms with Crippen LogP contribution in [0.15, 0.2) is 42.5 Å². The molecule has 2 aromatic carbocycles. The van der Waals surface area contributed by atoms with Crippen LogP contribution in [0.4, 0.5) is 10.1 Å². The Balaban J connectivity index is 2.23. The maximum absolute atomic E-state index is 13.2. The normalized spacial score (nSPS) is 11.2. The monoisotopic (exact) mass is 265 g/mol. The van der Waals surface area contributed by atoms with Gasteiger partial charge in [0.2, 0.25) is 0 Å². The molecule has 3 nitrogen and oxygen atoms in total. The van der Waals surface area contributed by atoms with E-state index in [4.69, 9.17) is 10.5 Å². The summed E-state index contributed by atoms with van der Waals surface area (Å²) in [4.78, 5) is 0. The Labute approximate surface area is 116 Å². The van der Waals surface area contributed by atoms with Gasteiger partial charge in [-0.25, -0.2) is 4.39 Å². The van der Waals surface area contributed by atoms with Crippen LogP contribution in [0.25, 0.3) is 0 Å². The van der Waals surface area contributed by atoms with E-state index in [-0.39, 0.29) is 11.9 Å². The van der Waals surface area contributed by atoms with E-state index in [9.17, 15) is 4.39 Å².